The molecule has 2 N–H and O–H groups in total. The molecule has 1 amide bonds. The van der Waals surface area contributed by atoms with E-state index < -0.39 is 13.4 Å². The normalized spacial score (nSPS) is 26.1. The first-order chi connectivity index (χ1) is 19.4. The Bertz CT molecular complexity index is 1350. The molecule has 4 fully saturated rings. The summed E-state index contributed by atoms with van der Waals surface area (Å²) in [6.45, 7) is 4.74. The van der Waals surface area contributed by atoms with E-state index in [2.05, 4.69) is 22.8 Å². The molecule has 3 aromatic rings. The zero-order valence-corrected chi connectivity index (χ0v) is 24.5. The Morgan fingerprint density at radius 2 is 1.48 bits per heavy atom. The van der Waals surface area contributed by atoms with E-state index in [0.717, 1.165) is 64.6 Å². The lowest BCUT2D eigenvalue weighted by Crippen LogP contribution is -2.53. The molecule has 7 heteroatoms. The van der Waals surface area contributed by atoms with Gasteiger partial charge < -0.3 is 19.7 Å². The first-order valence-electron chi connectivity index (χ1n) is 14.9. The molecular weight excluding hydrogens is 519 g/mol. The molecule has 4 aliphatic carbocycles. The Balaban J connectivity index is 1.19. The Morgan fingerprint density at radius 3 is 2.10 bits per heavy atom. The molecule has 0 spiro atoms. The maximum Gasteiger partial charge on any atom is 0.357 e. The summed E-state index contributed by atoms with van der Waals surface area (Å²) in [5, 5.41) is 8.83. The van der Waals surface area contributed by atoms with Gasteiger partial charge in [0, 0.05) is 17.6 Å². The van der Waals surface area contributed by atoms with Crippen molar-refractivity contribution >= 4 is 30.0 Å². The van der Waals surface area contributed by atoms with E-state index in [4.69, 9.17) is 9.05 Å². The van der Waals surface area contributed by atoms with Gasteiger partial charge in [-0.1, -0.05) is 54.6 Å². The first-order valence-corrected chi connectivity index (χ1v) is 16.5. The van der Waals surface area contributed by atoms with E-state index in [0.29, 0.717) is 6.54 Å². The van der Waals surface area contributed by atoms with E-state index in [1.165, 1.54) is 19.3 Å². The second kappa shape index (κ2) is 11.3. The number of amides is 1. The highest BCUT2D eigenvalue weighted by Gasteiger charge is 2.54. The van der Waals surface area contributed by atoms with Crippen molar-refractivity contribution in [2.45, 2.75) is 64.7 Å². The number of benzene rings is 3. The topological polar surface area (TPSA) is 76.7 Å². The SMILES string of the molecule is CCOP(=O)(OCC)C(Nc1ccc(CNC(=O)C23CC4CC(CC(C4)C2)C3)cc1)c1cccc2ccccc12. The first kappa shape index (κ1) is 27.5. The predicted octanol–water partition coefficient (Wildman–Crippen LogP) is 8.05. The number of hydrogen-bond acceptors (Lipinski definition) is 5. The van der Waals surface area contributed by atoms with Crippen LogP contribution in [0.25, 0.3) is 10.8 Å². The van der Waals surface area contributed by atoms with Crippen molar-refractivity contribution in [1.29, 1.82) is 0 Å². The third-order valence-electron chi connectivity index (χ3n) is 9.28. The van der Waals surface area contributed by atoms with Gasteiger partial charge in [0.1, 0.15) is 0 Å². The maximum atomic E-state index is 14.1. The lowest BCUT2D eigenvalue weighted by atomic mass is 9.49. The highest BCUT2D eigenvalue weighted by molar-refractivity contribution is 7.54. The van der Waals surface area contributed by atoms with Crippen molar-refractivity contribution in [3.05, 3.63) is 77.9 Å². The van der Waals surface area contributed by atoms with Crippen molar-refractivity contribution in [2.24, 2.45) is 23.2 Å². The minimum Gasteiger partial charge on any atom is -0.368 e. The predicted molar refractivity (Wildman–Crippen MR) is 160 cm³/mol. The Labute approximate surface area is 237 Å². The molecule has 0 saturated heterocycles. The third-order valence-corrected chi connectivity index (χ3v) is 11.6. The molecule has 1 unspecified atom stereocenters. The van der Waals surface area contributed by atoms with Crippen molar-refractivity contribution < 1.29 is 18.4 Å². The molecule has 212 valence electrons. The summed E-state index contributed by atoms with van der Waals surface area (Å²) in [5.74, 6) is 1.82. The molecule has 7 rings (SSSR count). The van der Waals surface area contributed by atoms with Gasteiger partial charge in [0.2, 0.25) is 5.91 Å². The van der Waals surface area contributed by atoms with Crippen LogP contribution in [0.5, 0.6) is 0 Å². The number of anilines is 1. The largest absolute Gasteiger partial charge is 0.368 e. The zero-order valence-electron chi connectivity index (χ0n) is 23.6. The van der Waals surface area contributed by atoms with Crippen LogP contribution in [-0.4, -0.2) is 19.1 Å². The third kappa shape index (κ3) is 5.34. The van der Waals surface area contributed by atoms with Gasteiger partial charge >= 0.3 is 7.60 Å². The van der Waals surface area contributed by atoms with E-state index >= 15 is 0 Å². The van der Waals surface area contributed by atoms with Gasteiger partial charge in [0.05, 0.1) is 13.2 Å². The van der Waals surface area contributed by atoms with Crippen molar-refractivity contribution in [3.63, 3.8) is 0 Å². The molecule has 4 bridgehead atoms. The van der Waals surface area contributed by atoms with Crippen LogP contribution in [0, 0.1) is 23.2 Å². The fourth-order valence-electron chi connectivity index (χ4n) is 8.00. The molecule has 3 aromatic carbocycles. The Morgan fingerprint density at radius 1 is 0.875 bits per heavy atom. The van der Waals surface area contributed by atoms with Crippen molar-refractivity contribution in [1.82, 2.24) is 5.32 Å². The van der Waals surface area contributed by atoms with Crippen LogP contribution in [0.3, 0.4) is 0 Å². The van der Waals surface area contributed by atoms with Gasteiger partial charge in [-0.05, 0) is 104 Å². The van der Waals surface area contributed by atoms with Crippen LogP contribution in [0.1, 0.15) is 69.3 Å². The van der Waals surface area contributed by atoms with Gasteiger partial charge in [-0.2, -0.15) is 0 Å². The summed E-state index contributed by atoms with van der Waals surface area (Å²) in [7, 11) is -3.56. The minimum atomic E-state index is -3.56. The molecule has 0 radical (unpaired) electrons. The molecule has 0 aliphatic heterocycles. The van der Waals surface area contributed by atoms with Crippen molar-refractivity contribution in [3.8, 4) is 0 Å². The summed E-state index contributed by atoms with van der Waals surface area (Å²) < 4.78 is 25.8. The lowest BCUT2D eigenvalue weighted by molar-refractivity contribution is -0.146. The van der Waals surface area contributed by atoms with Crippen LogP contribution in [0.4, 0.5) is 5.69 Å². The fraction of sp³-hybridized carbons (Fsp3) is 0.485. The number of carbonyl (C=O) groups is 1. The fourth-order valence-corrected chi connectivity index (χ4v) is 9.96. The number of fused-ring (bicyclic) bond motifs is 1. The molecule has 4 saturated carbocycles. The maximum absolute atomic E-state index is 14.1. The van der Waals surface area contributed by atoms with Gasteiger partial charge in [0.25, 0.3) is 0 Å². The Hall–Kier alpha value is -2.66. The highest BCUT2D eigenvalue weighted by atomic mass is 31.2. The highest BCUT2D eigenvalue weighted by Crippen LogP contribution is 2.62. The Kier molecular flexibility index (Phi) is 7.78. The molecular formula is C33H41N2O4P. The molecule has 1 atom stereocenters. The van der Waals surface area contributed by atoms with E-state index in [9.17, 15) is 9.36 Å². The molecule has 6 nitrogen and oxygen atoms in total. The van der Waals surface area contributed by atoms with Gasteiger partial charge in [0.15, 0.2) is 5.78 Å². The second-order valence-corrected chi connectivity index (χ2v) is 14.2. The van der Waals surface area contributed by atoms with Crippen LogP contribution in [0.2, 0.25) is 0 Å². The summed E-state index contributed by atoms with van der Waals surface area (Å²) in [6.07, 6.45) is 7.22. The summed E-state index contributed by atoms with van der Waals surface area (Å²) in [6, 6.07) is 22.1. The van der Waals surface area contributed by atoms with Crippen LogP contribution in [-0.2, 0) is 25.0 Å². The molecule has 40 heavy (non-hydrogen) atoms. The molecule has 4 aliphatic rings. The quantitative estimate of drug-likeness (QED) is 0.232. The minimum absolute atomic E-state index is 0.137. The van der Waals surface area contributed by atoms with Crippen LogP contribution >= 0.6 is 7.60 Å². The standard InChI is InChI=1S/C33H41N2O4P/c1-3-38-40(37,39-4-2)31(30-11-7-9-27-8-5-6-10-29(27)30)35-28-14-12-23(13-15-28)22-34-32(36)33-19-24-16-25(20-33)18-26(17-24)21-33/h5-15,24-26,31,35H,3-4,16-22H2,1-2H3,(H,34,36). The molecule has 0 heterocycles. The van der Waals surface area contributed by atoms with Gasteiger partial charge in [-0.3, -0.25) is 9.36 Å². The zero-order chi connectivity index (χ0) is 27.7. The number of rotatable bonds is 11. The summed E-state index contributed by atoms with van der Waals surface area (Å²) in [5.41, 5.74) is 2.59. The lowest BCUT2D eigenvalue weighted by Gasteiger charge is -2.55. The van der Waals surface area contributed by atoms with Gasteiger partial charge in [-0.25, -0.2) is 0 Å². The average molecular weight is 561 g/mol. The smallest absolute Gasteiger partial charge is 0.357 e. The monoisotopic (exact) mass is 560 g/mol. The van der Waals surface area contributed by atoms with E-state index in [1.54, 1.807) is 0 Å². The summed E-state index contributed by atoms with van der Waals surface area (Å²) in [4.78, 5) is 13.4. The van der Waals surface area contributed by atoms with Crippen LogP contribution in [0.15, 0.2) is 66.7 Å². The van der Waals surface area contributed by atoms with E-state index in [1.807, 2.05) is 68.4 Å². The van der Waals surface area contributed by atoms with E-state index in [-0.39, 0.29) is 24.5 Å². The number of carbonyl (C=O) groups excluding carboxylic acids is 1. The average Bonchev–Trinajstić information content (AvgIpc) is 2.94. The number of nitrogens with one attached hydrogen (secondary N) is 2. The summed E-state index contributed by atoms with van der Waals surface area (Å²) >= 11 is 0. The second-order valence-electron chi connectivity index (χ2n) is 12.1. The van der Waals surface area contributed by atoms with Crippen LogP contribution < -0.4 is 10.6 Å². The number of hydrogen-bond donors (Lipinski definition) is 2. The van der Waals surface area contributed by atoms with Crippen molar-refractivity contribution in [2.75, 3.05) is 18.5 Å². The van der Waals surface area contributed by atoms with Gasteiger partial charge in [-0.15, -0.1) is 0 Å². The molecule has 0 aromatic heterocycles.